The van der Waals surface area contributed by atoms with Crippen LogP contribution in [-0.4, -0.2) is 25.0 Å². The van der Waals surface area contributed by atoms with Gasteiger partial charge in [0, 0.05) is 18.7 Å². The Hall–Kier alpha value is -1.15. The van der Waals surface area contributed by atoms with Gasteiger partial charge in [-0.2, -0.15) is 0 Å². The average Bonchev–Trinajstić information content (AvgIpc) is 2.20. The molecule has 1 aromatic carbocycles. The number of hydrogen-bond acceptors (Lipinski definition) is 1. The largest absolute Gasteiger partial charge is 0.302 e. The van der Waals surface area contributed by atoms with Crippen molar-refractivity contribution in [2.75, 3.05) is 20.1 Å². The van der Waals surface area contributed by atoms with Crippen molar-refractivity contribution in [2.24, 2.45) is 0 Å². The molecule has 2 rings (SSSR count). The zero-order valence-electron chi connectivity index (χ0n) is 8.33. The van der Waals surface area contributed by atoms with Gasteiger partial charge < -0.3 is 4.90 Å². The van der Waals surface area contributed by atoms with Crippen LogP contribution in [0.25, 0.3) is 5.57 Å². The summed E-state index contributed by atoms with van der Waals surface area (Å²) in [5.41, 5.74) is 1.90. The molecule has 0 saturated heterocycles. The number of nitrogens with zero attached hydrogens (tertiary/aromatic N) is 1. The highest BCUT2D eigenvalue weighted by molar-refractivity contribution is 5.66. The maximum atomic E-state index is 13.4. The molecule has 0 aromatic heterocycles. The number of halogens is 1. The Labute approximate surface area is 83.9 Å². The summed E-state index contributed by atoms with van der Waals surface area (Å²) in [6.07, 6.45) is 3.05. The predicted molar refractivity (Wildman–Crippen MR) is 56.5 cm³/mol. The summed E-state index contributed by atoms with van der Waals surface area (Å²) < 4.78 is 13.4. The summed E-state index contributed by atoms with van der Waals surface area (Å²) >= 11 is 0. The highest BCUT2D eigenvalue weighted by Gasteiger charge is 2.11. The molecule has 0 saturated carbocycles. The first-order valence-electron chi connectivity index (χ1n) is 4.90. The molecule has 0 N–H and O–H groups in total. The van der Waals surface area contributed by atoms with E-state index in [-0.39, 0.29) is 5.82 Å². The van der Waals surface area contributed by atoms with Crippen LogP contribution in [-0.2, 0) is 0 Å². The van der Waals surface area contributed by atoms with E-state index in [1.165, 1.54) is 6.07 Å². The molecule has 0 unspecified atom stereocenters. The lowest BCUT2D eigenvalue weighted by Crippen LogP contribution is -2.23. The van der Waals surface area contributed by atoms with Crippen LogP contribution in [0.4, 0.5) is 4.39 Å². The van der Waals surface area contributed by atoms with E-state index in [0.29, 0.717) is 0 Å². The van der Waals surface area contributed by atoms with Crippen molar-refractivity contribution in [2.45, 2.75) is 6.42 Å². The lowest BCUT2D eigenvalue weighted by atomic mass is 9.99. The second-order valence-electron chi connectivity index (χ2n) is 3.72. The van der Waals surface area contributed by atoms with Gasteiger partial charge in [0.2, 0.25) is 0 Å². The fraction of sp³-hybridized carbons (Fsp3) is 0.333. The molecule has 0 radical (unpaired) electrons. The van der Waals surface area contributed by atoms with E-state index in [4.69, 9.17) is 0 Å². The SMILES string of the molecule is CN1CC=C(c2ccccc2[18F])CC1. The van der Waals surface area contributed by atoms with E-state index in [1.54, 1.807) is 6.07 Å². The molecule has 0 amide bonds. The number of rotatable bonds is 1. The highest BCUT2D eigenvalue weighted by Crippen LogP contribution is 2.23. The van der Waals surface area contributed by atoms with Crippen LogP contribution in [0, 0.1) is 5.82 Å². The normalized spacial score (nSPS) is 18.0. The monoisotopic (exact) mass is 190 g/mol. The van der Waals surface area contributed by atoms with Crippen LogP contribution >= 0.6 is 0 Å². The van der Waals surface area contributed by atoms with Crippen LogP contribution in [0.5, 0.6) is 0 Å². The van der Waals surface area contributed by atoms with Gasteiger partial charge in [-0.1, -0.05) is 24.3 Å². The molecule has 74 valence electrons. The van der Waals surface area contributed by atoms with Gasteiger partial charge in [0.25, 0.3) is 0 Å². The molecule has 1 aliphatic heterocycles. The predicted octanol–water partition coefficient (Wildman–Crippen LogP) is 2.54. The maximum absolute atomic E-state index is 13.4. The zero-order valence-corrected chi connectivity index (χ0v) is 8.33. The van der Waals surface area contributed by atoms with E-state index in [0.717, 1.165) is 30.6 Å². The summed E-state index contributed by atoms with van der Waals surface area (Å²) in [5.74, 6) is -0.108. The third-order valence-corrected chi connectivity index (χ3v) is 2.63. The van der Waals surface area contributed by atoms with Gasteiger partial charge in [-0.05, 0) is 25.1 Å². The summed E-state index contributed by atoms with van der Waals surface area (Å²) in [6.45, 7) is 1.93. The molecular formula is C12H14FN. The summed E-state index contributed by atoms with van der Waals surface area (Å²) in [6, 6.07) is 6.99. The lowest BCUT2D eigenvalue weighted by Gasteiger charge is -2.22. The Kier molecular flexibility index (Phi) is 2.64. The van der Waals surface area contributed by atoms with E-state index in [1.807, 2.05) is 12.1 Å². The molecule has 0 bridgehead atoms. The molecule has 2 heteroatoms. The van der Waals surface area contributed by atoms with Gasteiger partial charge in [0.05, 0.1) is 0 Å². The third kappa shape index (κ3) is 1.85. The average molecular weight is 190 g/mol. The number of hydrogen-bond donors (Lipinski definition) is 0. The van der Waals surface area contributed by atoms with Crippen LogP contribution < -0.4 is 0 Å². The lowest BCUT2D eigenvalue weighted by molar-refractivity contribution is 0.369. The molecule has 0 aliphatic carbocycles. The smallest absolute Gasteiger partial charge is 0.130 e. The summed E-state index contributed by atoms with van der Waals surface area (Å²) in [5, 5.41) is 0. The van der Waals surface area contributed by atoms with E-state index < -0.39 is 0 Å². The Morgan fingerprint density at radius 2 is 2.07 bits per heavy atom. The topological polar surface area (TPSA) is 3.24 Å². The van der Waals surface area contributed by atoms with E-state index in [9.17, 15) is 4.39 Å². The second-order valence-corrected chi connectivity index (χ2v) is 3.72. The maximum Gasteiger partial charge on any atom is 0.130 e. The Bertz CT molecular complexity index is 357. The fourth-order valence-corrected chi connectivity index (χ4v) is 1.74. The first-order chi connectivity index (χ1) is 6.77. The second kappa shape index (κ2) is 3.93. The van der Waals surface area contributed by atoms with Gasteiger partial charge in [-0.15, -0.1) is 0 Å². The van der Waals surface area contributed by atoms with Crippen molar-refractivity contribution in [1.29, 1.82) is 0 Å². The first-order valence-corrected chi connectivity index (χ1v) is 4.90. The summed E-state index contributed by atoms with van der Waals surface area (Å²) in [7, 11) is 2.08. The van der Waals surface area contributed by atoms with Gasteiger partial charge in [0.15, 0.2) is 0 Å². The molecule has 14 heavy (non-hydrogen) atoms. The Balaban J connectivity index is 2.28. The number of likely N-dealkylation sites (N-methyl/N-ethyl adjacent to an activating group) is 1. The molecule has 1 aromatic rings. The molecule has 1 aliphatic rings. The molecule has 1 heterocycles. The van der Waals surface area contributed by atoms with Gasteiger partial charge in [-0.25, -0.2) is 4.39 Å². The molecule has 0 atom stereocenters. The van der Waals surface area contributed by atoms with Crippen LogP contribution in [0.15, 0.2) is 30.3 Å². The third-order valence-electron chi connectivity index (χ3n) is 2.63. The van der Waals surface area contributed by atoms with Crippen LogP contribution in [0.2, 0.25) is 0 Å². The van der Waals surface area contributed by atoms with Crippen molar-refractivity contribution in [1.82, 2.24) is 4.90 Å². The minimum atomic E-state index is -0.108. The Morgan fingerprint density at radius 3 is 2.71 bits per heavy atom. The van der Waals surface area contributed by atoms with Crippen molar-refractivity contribution in [3.05, 3.63) is 41.7 Å². The van der Waals surface area contributed by atoms with Gasteiger partial charge >= 0.3 is 0 Å². The fourth-order valence-electron chi connectivity index (χ4n) is 1.74. The summed E-state index contributed by atoms with van der Waals surface area (Å²) in [4.78, 5) is 2.23. The molecule has 0 spiro atoms. The quantitative estimate of drug-likeness (QED) is 0.657. The minimum Gasteiger partial charge on any atom is -0.302 e. The molecule has 0 fully saturated rings. The van der Waals surface area contributed by atoms with Gasteiger partial charge in [-0.3, -0.25) is 0 Å². The highest BCUT2D eigenvalue weighted by atomic mass is 18.2. The molecule has 1 nitrogen and oxygen atoms in total. The van der Waals surface area contributed by atoms with Crippen LogP contribution in [0.3, 0.4) is 0 Å². The van der Waals surface area contributed by atoms with Crippen LogP contribution in [0.1, 0.15) is 12.0 Å². The standard InChI is InChI=1S/C12H14FN/c1-14-8-6-10(7-9-14)11-4-2-3-5-12(11)13/h2-6H,7-9H2,1H3/i13-1. The zero-order chi connectivity index (χ0) is 9.97. The molecular weight excluding hydrogens is 176 g/mol. The number of benzene rings is 1. The van der Waals surface area contributed by atoms with Crippen molar-refractivity contribution in [3.8, 4) is 0 Å². The van der Waals surface area contributed by atoms with Crippen molar-refractivity contribution >= 4 is 5.57 Å². The van der Waals surface area contributed by atoms with E-state index in [2.05, 4.69) is 18.0 Å². The van der Waals surface area contributed by atoms with Crippen molar-refractivity contribution < 1.29 is 4.39 Å². The Morgan fingerprint density at radius 1 is 1.29 bits per heavy atom. The minimum absolute atomic E-state index is 0.108. The first kappa shape index (κ1) is 9.41. The van der Waals surface area contributed by atoms with Crippen molar-refractivity contribution in [3.63, 3.8) is 0 Å². The van der Waals surface area contributed by atoms with E-state index >= 15 is 0 Å². The van der Waals surface area contributed by atoms with Gasteiger partial charge in [0.1, 0.15) is 5.82 Å².